The number of esters is 1. The largest absolute Gasteiger partial charge is 0.415 e. The molecule has 274 valence electrons. The number of fused-ring (bicyclic) bond motifs is 1. The van der Waals surface area contributed by atoms with Crippen LogP contribution in [0.1, 0.15) is 115 Å². The molecule has 14 nitrogen and oxygen atoms in total. The summed E-state index contributed by atoms with van der Waals surface area (Å²) in [5, 5.41) is 11.3. The maximum atomic E-state index is 14.6. The summed E-state index contributed by atoms with van der Waals surface area (Å²) >= 11 is 0. The summed E-state index contributed by atoms with van der Waals surface area (Å²) in [4.78, 5) is 90.8. The fourth-order valence-corrected chi connectivity index (χ4v) is 7.79. The number of aromatic nitrogens is 2. The molecule has 14 heteroatoms. The van der Waals surface area contributed by atoms with Crippen LogP contribution < -0.4 is 21.3 Å². The predicted molar refractivity (Wildman–Crippen MR) is 182 cm³/mol. The van der Waals surface area contributed by atoms with Gasteiger partial charge in [0.05, 0.1) is 6.20 Å². The van der Waals surface area contributed by atoms with Gasteiger partial charge in [0.1, 0.15) is 29.9 Å². The topological polar surface area (TPSA) is 189 Å². The summed E-state index contributed by atoms with van der Waals surface area (Å²) in [6.45, 7) is 7.79. The van der Waals surface area contributed by atoms with E-state index in [2.05, 4.69) is 31.2 Å². The number of hydrogen-bond acceptors (Lipinski definition) is 9. The first-order chi connectivity index (χ1) is 23.9. The van der Waals surface area contributed by atoms with Crippen molar-refractivity contribution in [3.63, 3.8) is 0 Å². The molecule has 6 atom stereocenters. The van der Waals surface area contributed by atoms with E-state index < -0.39 is 59.4 Å². The van der Waals surface area contributed by atoms with Crippen molar-refractivity contribution >= 4 is 35.7 Å². The van der Waals surface area contributed by atoms with Crippen molar-refractivity contribution in [2.45, 2.75) is 135 Å². The van der Waals surface area contributed by atoms with Crippen LogP contribution >= 0.6 is 0 Å². The number of nitrogens with one attached hydrogen (secondary N) is 4. The van der Waals surface area contributed by atoms with Gasteiger partial charge in [0.2, 0.25) is 17.7 Å². The molecule has 0 bridgehead atoms. The second kappa shape index (κ2) is 16.3. The molecule has 5 amide bonds. The molecule has 1 aromatic rings. The quantitative estimate of drug-likeness (QED) is 0.188. The minimum absolute atomic E-state index is 0.00973. The lowest BCUT2D eigenvalue weighted by Gasteiger charge is -2.38. The van der Waals surface area contributed by atoms with Crippen LogP contribution in [0.5, 0.6) is 0 Å². The SMILES string of the molecule is CCC[C@H](NC(=O)[C@@H]1[C@H]2CCC[C@H]2CN1C(=O)[C@@H](NC(=O)[C@@H](NC(=O)c1cnccn1)C1CCCCC1)C(C)(C)C)C(=O)OC(=O)NC1CC1. The van der Waals surface area contributed by atoms with E-state index in [1.807, 2.05) is 27.7 Å². The molecule has 0 spiro atoms. The van der Waals surface area contributed by atoms with Gasteiger partial charge in [-0.2, -0.15) is 0 Å². The molecule has 0 aromatic carbocycles. The molecule has 5 rings (SSSR count). The predicted octanol–water partition coefficient (Wildman–Crippen LogP) is 3.01. The van der Waals surface area contributed by atoms with Crippen molar-refractivity contribution in [3.8, 4) is 0 Å². The van der Waals surface area contributed by atoms with E-state index in [-0.39, 0.29) is 41.8 Å². The Morgan fingerprint density at radius 1 is 0.920 bits per heavy atom. The van der Waals surface area contributed by atoms with Gasteiger partial charge in [0.25, 0.3) is 5.91 Å². The van der Waals surface area contributed by atoms with E-state index in [1.165, 1.54) is 18.6 Å². The maximum absolute atomic E-state index is 14.6. The zero-order chi connectivity index (χ0) is 36.0. The molecule has 1 aromatic heterocycles. The number of carbonyl (C=O) groups excluding carboxylic acids is 6. The number of rotatable bonds is 12. The Morgan fingerprint density at radius 3 is 2.30 bits per heavy atom. The van der Waals surface area contributed by atoms with Crippen LogP contribution in [0, 0.1) is 23.2 Å². The van der Waals surface area contributed by atoms with Crippen LogP contribution in [0.25, 0.3) is 0 Å². The number of amides is 5. The number of likely N-dealkylation sites (tertiary alicyclic amines) is 1. The molecule has 4 aliphatic rings. The summed E-state index contributed by atoms with van der Waals surface area (Å²) in [6, 6.07) is -3.80. The Bertz CT molecular complexity index is 1410. The van der Waals surface area contributed by atoms with Crippen LogP contribution in [0.3, 0.4) is 0 Å². The van der Waals surface area contributed by atoms with Crippen LogP contribution in [0.15, 0.2) is 18.6 Å². The first kappa shape index (κ1) is 37.2. The third kappa shape index (κ3) is 9.16. The molecular formula is C36H53N7O7. The lowest BCUT2D eigenvalue weighted by atomic mass is 9.82. The lowest BCUT2D eigenvalue weighted by molar-refractivity contribution is -0.147. The van der Waals surface area contributed by atoms with Gasteiger partial charge in [-0.15, -0.1) is 0 Å². The first-order valence-corrected chi connectivity index (χ1v) is 18.4. The normalized spacial score (nSPS) is 23.9. The van der Waals surface area contributed by atoms with E-state index in [0.717, 1.165) is 64.2 Å². The van der Waals surface area contributed by atoms with E-state index >= 15 is 0 Å². The number of ether oxygens (including phenoxy) is 1. The van der Waals surface area contributed by atoms with Crippen LogP contribution in [-0.2, 0) is 23.9 Å². The van der Waals surface area contributed by atoms with Crippen LogP contribution in [-0.4, -0.2) is 87.3 Å². The Labute approximate surface area is 294 Å². The van der Waals surface area contributed by atoms with Crippen molar-refractivity contribution < 1.29 is 33.5 Å². The molecule has 1 saturated heterocycles. The van der Waals surface area contributed by atoms with Gasteiger partial charge < -0.3 is 30.9 Å². The highest BCUT2D eigenvalue weighted by atomic mass is 16.6. The van der Waals surface area contributed by atoms with E-state index in [4.69, 9.17) is 4.74 Å². The van der Waals surface area contributed by atoms with Crippen LogP contribution in [0.2, 0.25) is 0 Å². The van der Waals surface area contributed by atoms with Gasteiger partial charge in [-0.1, -0.05) is 59.8 Å². The van der Waals surface area contributed by atoms with Crippen molar-refractivity contribution in [2.24, 2.45) is 23.2 Å². The third-order valence-electron chi connectivity index (χ3n) is 10.6. The summed E-state index contributed by atoms with van der Waals surface area (Å²) in [6.07, 6.45) is 12.9. The lowest BCUT2D eigenvalue weighted by Crippen LogP contribution is -2.62. The Kier molecular flexibility index (Phi) is 12.1. The standard InChI is InChI=1S/C36H53N7O7/c1-5-10-25(34(48)50-35(49)39-23-15-16-23)40-32(46)28-24-14-9-13-22(24)20-43(28)33(47)29(36(2,3)4)42-31(45)27(21-11-7-6-8-12-21)41-30(44)26-19-37-17-18-38-26/h17-19,21-25,27-29H,5-16,20H2,1-4H3,(H,39,49)(H,40,46)(H,41,44)(H,42,45)/t22-,24-,25-,27-,28-,29+/m0/s1. The Balaban J connectivity index is 1.34. The summed E-state index contributed by atoms with van der Waals surface area (Å²) in [5.74, 6) is -2.79. The van der Waals surface area contributed by atoms with Crippen molar-refractivity contribution in [2.75, 3.05) is 6.54 Å². The average molecular weight is 696 g/mol. The van der Waals surface area contributed by atoms with Gasteiger partial charge in [-0.25, -0.2) is 14.6 Å². The zero-order valence-corrected chi connectivity index (χ0v) is 29.7. The average Bonchev–Trinajstić information content (AvgIpc) is 3.65. The number of nitrogens with zero attached hydrogens (tertiary/aromatic N) is 3. The highest BCUT2D eigenvalue weighted by Gasteiger charge is 2.52. The van der Waals surface area contributed by atoms with Gasteiger partial charge in [0.15, 0.2) is 0 Å². The van der Waals surface area contributed by atoms with Gasteiger partial charge in [-0.05, 0) is 68.1 Å². The van der Waals surface area contributed by atoms with E-state index in [1.54, 1.807) is 4.90 Å². The smallest absolute Gasteiger partial charge is 0.375 e. The second-order valence-electron chi connectivity index (χ2n) is 15.5. The summed E-state index contributed by atoms with van der Waals surface area (Å²) in [5.41, 5.74) is -0.656. The van der Waals surface area contributed by atoms with Crippen molar-refractivity contribution in [1.82, 2.24) is 36.1 Å². The molecule has 3 saturated carbocycles. The molecule has 3 aliphatic carbocycles. The van der Waals surface area contributed by atoms with E-state index in [9.17, 15) is 28.8 Å². The second-order valence-corrected chi connectivity index (χ2v) is 15.5. The van der Waals surface area contributed by atoms with E-state index in [0.29, 0.717) is 13.0 Å². The molecule has 1 aliphatic heterocycles. The maximum Gasteiger partial charge on any atom is 0.415 e. The number of carbonyl (C=O) groups is 6. The highest BCUT2D eigenvalue weighted by molar-refractivity contribution is 5.98. The number of hydrogen-bond donors (Lipinski definition) is 4. The fraction of sp³-hybridized carbons (Fsp3) is 0.722. The third-order valence-corrected chi connectivity index (χ3v) is 10.6. The van der Waals surface area contributed by atoms with Crippen molar-refractivity contribution in [1.29, 1.82) is 0 Å². The first-order valence-electron chi connectivity index (χ1n) is 18.4. The Hall–Kier alpha value is -4.10. The molecule has 50 heavy (non-hydrogen) atoms. The molecule has 2 heterocycles. The fourth-order valence-electron chi connectivity index (χ4n) is 7.79. The monoisotopic (exact) mass is 695 g/mol. The highest BCUT2D eigenvalue weighted by Crippen LogP contribution is 2.43. The van der Waals surface area contributed by atoms with Crippen LogP contribution in [0.4, 0.5) is 4.79 Å². The minimum atomic E-state index is -1.05. The summed E-state index contributed by atoms with van der Waals surface area (Å²) in [7, 11) is 0. The number of alkyl carbamates (subject to hydrolysis) is 1. The molecule has 0 radical (unpaired) electrons. The summed E-state index contributed by atoms with van der Waals surface area (Å²) < 4.78 is 5.03. The molecular weight excluding hydrogens is 642 g/mol. The molecule has 4 fully saturated rings. The van der Waals surface area contributed by atoms with Gasteiger partial charge in [0, 0.05) is 25.0 Å². The van der Waals surface area contributed by atoms with Crippen molar-refractivity contribution in [3.05, 3.63) is 24.3 Å². The molecule has 0 unspecified atom stereocenters. The minimum Gasteiger partial charge on any atom is -0.375 e. The molecule has 4 N–H and O–H groups in total. The zero-order valence-electron chi connectivity index (χ0n) is 29.7. The van der Waals surface area contributed by atoms with Gasteiger partial charge in [-0.3, -0.25) is 24.2 Å². The van der Waals surface area contributed by atoms with Gasteiger partial charge >= 0.3 is 12.1 Å². The Morgan fingerprint density at radius 2 is 1.66 bits per heavy atom.